The van der Waals surface area contributed by atoms with Crippen LogP contribution >= 0.6 is 11.3 Å². The molecule has 0 radical (unpaired) electrons. The van der Waals surface area contributed by atoms with Crippen LogP contribution in [0.25, 0.3) is 0 Å². The Labute approximate surface area is 115 Å². The Hall–Kier alpha value is -0.315. The van der Waals surface area contributed by atoms with Crippen LogP contribution in [-0.4, -0.2) is 18.3 Å². The molecule has 4 heteroatoms. The van der Waals surface area contributed by atoms with Crippen LogP contribution in [0, 0.1) is 5.92 Å². The SMILES string of the molecule is CC(C)Cc1cc(B2OC(C)(C)C(C)(C)O2)cs1. The van der Waals surface area contributed by atoms with Gasteiger partial charge in [0.25, 0.3) is 0 Å². The first-order valence-electron chi connectivity index (χ1n) is 6.64. The van der Waals surface area contributed by atoms with Crippen molar-refractivity contribution < 1.29 is 9.31 Å². The van der Waals surface area contributed by atoms with Crippen molar-refractivity contribution >= 4 is 23.9 Å². The highest BCUT2D eigenvalue weighted by Crippen LogP contribution is 2.36. The largest absolute Gasteiger partial charge is 0.495 e. The van der Waals surface area contributed by atoms with Gasteiger partial charge in [-0.05, 0) is 56.9 Å². The van der Waals surface area contributed by atoms with Crippen molar-refractivity contribution in [1.29, 1.82) is 0 Å². The smallest absolute Gasteiger partial charge is 0.399 e. The van der Waals surface area contributed by atoms with Crippen molar-refractivity contribution in [3.05, 3.63) is 16.3 Å². The molecule has 0 atom stereocenters. The average molecular weight is 266 g/mol. The summed E-state index contributed by atoms with van der Waals surface area (Å²) in [6.45, 7) is 12.9. The minimum absolute atomic E-state index is 0.216. The van der Waals surface area contributed by atoms with Crippen LogP contribution in [0.5, 0.6) is 0 Å². The molecule has 0 N–H and O–H groups in total. The van der Waals surface area contributed by atoms with E-state index in [2.05, 4.69) is 53.0 Å². The topological polar surface area (TPSA) is 18.5 Å². The highest BCUT2D eigenvalue weighted by Gasteiger charge is 2.51. The molecule has 2 nitrogen and oxygen atoms in total. The summed E-state index contributed by atoms with van der Waals surface area (Å²) in [4.78, 5) is 1.41. The highest BCUT2D eigenvalue weighted by atomic mass is 32.1. The Morgan fingerprint density at radius 2 is 1.72 bits per heavy atom. The Bertz CT molecular complexity index is 407. The normalized spacial score (nSPS) is 21.8. The van der Waals surface area contributed by atoms with Gasteiger partial charge in [0.1, 0.15) is 0 Å². The molecule has 100 valence electrons. The second-order valence-corrected chi connectivity index (χ2v) is 7.53. The third kappa shape index (κ3) is 2.66. The Kier molecular flexibility index (Phi) is 3.65. The fourth-order valence-electron chi connectivity index (χ4n) is 2.01. The molecule has 1 aromatic heterocycles. The molecule has 1 fully saturated rings. The van der Waals surface area contributed by atoms with Gasteiger partial charge in [0.15, 0.2) is 0 Å². The van der Waals surface area contributed by atoms with E-state index in [1.807, 2.05) is 0 Å². The van der Waals surface area contributed by atoms with E-state index in [9.17, 15) is 0 Å². The minimum atomic E-state index is -0.252. The van der Waals surface area contributed by atoms with E-state index >= 15 is 0 Å². The summed E-state index contributed by atoms with van der Waals surface area (Å²) in [6.07, 6.45) is 1.13. The first kappa shape index (κ1) is 14.1. The van der Waals surface area contributed by atoms with Crippen molar-refractivity contribution in [2.75, 3.05) is 0 Å². The summed E-state index contributed by atoms with van der Waals surface area (Å²) >= 11 is 1.81. The van der Waals surface area contributed by atoms with Gasteiger partial charge in [0.05, 0.1) is 11.2 Å². The molecule has 1 aromatic rings. The van der Waals surface area contributed by atoms with Gasteiger partial charge in [-0.1, -0.05) is 13.8 Å². The Morgan fingerprint density at radius 3 is 2.22 bits per heavy atom. The summed E-state index contributed by atoms with van der Waals surface area (Å²) in [5.41, 5.74) is 0.657. The maximum absolute atomic E-state index is 6.05. The number of thiophene rings is 1. The zero-order chi connectivity index (χ0) is 13.6. The van der Waals surface area contributed by atoms with Crippen LogP contribution in [0.3, 0.4) is 0 Å². The van der Waals surface area contributed by atoms with Gasteiger partial charge >= 0.3 is 7.12 Å². The predicted octanol–water partition coefficient (Wildman–Crippen LogP) is 3.25. The van der Waals surface area contributed by atoms with E-state index in [1.54, 1.807) is 11.3 Å². The van der Waals surface area contributed by atoms with Crippen molar-refractivity contribution in [3.8, 4) is 0 Å². The van der Waals surface area contributed by atoms with E-state index in [0.717, 1.165) is 11.9 Å². The van der Waals surface area contributed by atoms with Crippen LogP contribution in [0.1, 0.15) is 46.4 Å². The van der Waals surface area contributed by atoms with Gasteiger partial charge in [0, 0.05) is 4.88 Å². The molecule has 2 heterocycles. The first-order chi connectivity index (χ1) is 8.21. The number of hydrogen-bond donors (Lipinski definition) is 0. The molecule has 0 bridgehead atoms. The standard InChI is InChI=1S/C14H23BO2S/c1-10(2)7-12-8-11(9-18-12)15-16-13(3,4)14(5,6)17-15/h8-10H,7H2,1-6H3. The second kappa shape index (κ2) is 4.66. The van der Waals surface area contributed by atoms with Crippen LogP contribution < -0.4 is 5.46 Å². The number of hydrogen-bond acceptors (Lipinski definition) is 3. The van der Waals surface area contributed by atoms with Crippen LogP contribution in [0.15, 0.2) is 11.4 Å². The van der Waals surface area contributed by atoms with Crippen molar-refractivity contribution in [3.63, 3.8) is 0 Å². The monoisotopic (exact) mass is 266 g/mol. The maximum Gasteiger partial charge on any atom is 0.495 e. The highest BCUT2D eigenvalue weighted by molar-refractivity contribution is 7.11. The second-order valence-electron chi connectivity index (χ2n) is 6.53. The van der Waals surface area contributed by atoms with Gasteiger partial charge in [0.2, 0.25) is 0 Å². The van der Waals surface area contributed by atoms with Crippen molar-refractivity contribution in [2.24, 2.45) is 5.92 Å². The van der Waals surface area contributed by atoms with Crippen LogP contribution in [-0.2, 0) is 15.7 Å². The molecule has 0 aromatic carbocycles. The molecule has 1 aliphatic rings. The average Bonchev–Trinajstić information content (AvgIpc) is 2.70. The van der Waals surface area contributed by atoms with E-state index in [-0.39, 0.29) is 18.3 Å². The minimum Gasteiger partial charge on any atom is -0.399 e. The summed E-state index contributed by atoms with van der Waals surface area (Å²) in [5, 5.41) is 2.17. The van der Waals surface area contributed by atoms with Gasteiger partial charge in [-0.3, -0.25) is 0 Å². The fraction of sp³-hybridized carbons (Fsp3) is 0.714. The van der Waals surface area contributed by atoms with E-state index in [4.69, 9.17) is 9.31 Å². The van der Waals surface area contributed by atoms with Gasteiger partial charge in [-0.15, -0.1) is 11.3 Å². The van der Waals surface area contributed by atoms with Gasteiger partial charge in [-0.25, -0.2) is 0 Å². The van der Waals surface area contributed by atoms with E-state index in [1.165, 1.54) is 4.88 Å². The molecule has 2 rings (SSSR count). The summed E-state index contributed by atoms with van der Waals surface area (Å²) in [7, 11) is -0.216. The van der Waals surface area contributed by atoms with Gasteiger partial charge in [-0.2, -0.15) is 0 Å². The third-order valence-corrected chi connectivity index (χ3v) is 4.79. The number of rotatable bonds is 3. The first-order valence-corrected chi connectivity index (χ1v) is 7.52. The van der Waals surface area contributed by atoms with Crippen molar-refractivity contribution in [1.82, 2.24) is 0 Å². The molecule has 1 aliphatic heterocycles. The molecule has 0 amide bonds. The molecule has 18 heavy (non-hydrogen) atoms. The quantitative estimate of drug-likeness (QED) is 0.782. The molecule has 0 aliphatic carbocycles. The summed E-state index contributed by atoms with van der Waals surface area (Å²) < 4.78 is 12.1. The van der Waals surface area contributed by atoms with Crippen LogP contribution in [0.4, 0.5) is 0 Å². The van der Waals surface area contributed by atoms with E-state index in [0.29, 0.717) is 5.92 Å². The van der Waals surface area contributed by atoms with Gasteiger partial charge < -0.3 is 9.31 Å². The lowest BCUT2D eigenvalue weighted by molar-refractivity contribution is 0.00578. The fourth-order valence-corrected chi connectivity index (χ4v) is 3.11. The third-order valence-electron chi connectivity index (χ3n) is 3.81. The van der Waals surface area contributed by atoms with Crippen molar-refractivity contribution in [2.45, 2.75) is 59.2 Å². The predicted molar refractivity (Wildman–Crippen MR) is 78.6 cm³/mol. The molecule has 1 saturated heterocycles. The van der Waals surface area contributed by atoms with E-state index < -0.39 is 0 Å². The molecular formula is C14H23BO2S. The summed E-state index contributed by atoms with van der Waals surface area (Å²) in [5.74, 6) is 0.690. The lowest BCUT2D eigenvalue weighted by atomic mass is 9.81. The Morgan fingerprint density at radius 1 is 1.17 bits per heavy atom. The molecule has 0 spiro atoms. The Balaban J connectivity index is 2.12. The zero-order valence-electron chi connectivity index (χ0n) is 12.2. The maximum atomic E-state index is 6.05. The zero-order valence-corrected chi connectivity index (χ0v) is 13.1. The van der Waals surface area contributed by atoms with Crippen LogP contribution in [0.2, 0.25) is 0 Å². The summed E-state index contributed by atoms with van der Waals surface area (Å²) in [6, 6.07) is 2.23. The lowest BCUT2D eigenvalue weighted by Crippen LogP contribution is -2.41. The molecule has 0 saturated carbocycles. The molecular weight excluding hydrogens is 243 g/mol. The molecule has 0 unspecified atom stereocenters. The lowest BCUT2D eigenvalue weighted by Gasteiger charge is -2.32.